The summed E-state index contributed by atoms with van der Waals surface area (Å²) in [4.78, 5) is -0.181. The van der Waals surface area contributed by atoms with Crippen LogP contribution in [0.3, 0.4) is 0 Å². The molecule has 0 radical (unpaired) electrons. The Bertz CT molecular complexity index is 745. The SMILES string of the molecule is CCOc1ccc(NS(=O)(=O)c2ccc(OC)c(F)c2)cc1. The Morgan fingerprint density at radius 1 is 1.14 bits per heavy atom. The zero-order valence-corrected chi connectivity index (χ0v) is 13.0. The number of ether oxygens (including phenoxy) is 2. The molecule has 0 aliphatic carbocycles. The van der Waals surface area contributed by atoms with Gasteiger partial charge in [0.1, 0.15) is 5.75 Å². The first kappa shape index (κ1) is 16.1. The standard InChI is InChI=1S/C15H16FNO4S/c1-3-21-12-6-4-11(5-7-12)17-22(18,19)13-8-9-15(20-2)14(16)10-13/h4-10,17H,3H2,1-2H3. The quantitative estimate of drug-likeness (QED) is 0.886. The average Bonchev–Trinajstić information content (AvgIpc) is 2.49. The first-order valence-corrected chi connectivity index (χ1v) is 8.04. The number of sulfonamides is 1. The van der Waals surface area contributed by atoms with Gasteiger partial charge in [-0.2, -0.15) is 0 Å². The molecule has 0 bridgehead atoms. The van der Waals surface area contributed by atoms with Gasteiger partial charge in [-0.05, 0) is 49.4 Å². The Morgan fingerprint density at radius 2 is 1.82 bits per heavy atom. The zero-order chi connectivity index (χ0) is 16.2. The molecule has 0 aliphatic rings. The molecular formula is C15H16FNO4S. The minimum Gasteiger partial charge on any atom is -0.494 e. The van der Waals surface area contributed by atoms with Crippen LogP contribution < -0.4 is 14.2 Å². The molecule has 1 N–H and O–H groups in total. The highest BCUT2D eigenvalue weighted by Crippen LogP contribution is 2.23. The van der Waals surface area contributed by atoms with Gasteiger partial charge in [-0.15, -0.1) is 0 Å². The van der Waals surface area contributed by atoms with Gasteiger partial charge in [0.05, 0.1) is 18.6 Å². The van der Waals surface area contributed by atoms with E-state index in [4.69, 9.17) is 9.47 Å². The van der Waals surface area contributed by atoms with Crippen LogP contribution in [0.25, 0.3) is 0 Å². The van der Waals surface area contributed by atoms with E-state index >= 15 is 0 Å². The van der Waals surface area contributed by atoms with E-state index in [1.165, 1.54) is 19.2 Å². The van der Waals surface area contributed by atoms with Gasteiger partial charge in [0, 0.05) is 5.69 Å². The Hall–Kier alpha value is -2.28. The van der Waals surface area contributed by atoms with Gasteiger partial charge in [0.25, 0.3) is 10.0 Å². The summed E-state index contributed by atoms with van der Waals surface area (Å²) in [6.07, 6.45) is 0. The third kappa shape index (κ3) is 3.67. The summed E-state index contributed by atoms with van der Waals surface area (Å²) in [6, 6.07) is 9.90. The number of benzene rings is 2. The maximum absolute atomic E-state index is 13.6. The number of nitrogens with one attached hydrogen (secondary N) is 1. The van der Waals surface area contributed by atoms with Crippen LogP contribution in [0.15, 0.2) is 47.4 Å². The Morgan fingerprint density at radius 3 is 2.36 bits per heavy atom. The van der Waals surface area contributed by atoms with Gasteiger partial charge in [-0.25, -0.2) is 12.8 Å². The molecule has 2 rings (SSSR count). The summed E-state index contributed by atoms with van der Waals surface area (Å²) in [5.41, 5.74) is 0.361. The summed E-state index contributed by atoms with van der Waals surface area (Å²) in [7, 11) is -2.56. The van der Waals surface area contributed by atoms with E-state index in [2.05, 4.69) is 4.72 Å². The predicted molar refractivity (Wildman–Crippen MR) is 81.4 cm³/mol. The summed E-state index contributed by atoms with van der Waals surface area (Å²) in [6.45, 7) is 2.38. The normalized spacial score (nSPS) is 11.0. The molecule has 0 saturated carbocycles. The molecule has 0 fully saturated rings. The van der Waals surface area contributed by atoms with Gasteiger partial charge in [-0.1, -0.05) is 0 Å². The fraction of sp³-hybridized carbons (Fsp3) is 0.200. The molecule has 0 heterocycles. The zero-order valence-electron chi connectivity index (χ0n) is 12.2. The van der Waals surface area contributed by atoms with E-state index in [0.29, 0.717) is 18.0 Å². The molecule has 5 nitrogen and oxygen atoms in total. The number of anilines is 1. The summed E-state index contributed by atoms with van der Waals surface area (Å²) >= 11 is 0. The maximum atomic E-state index is 13.6. The van der Waals surface area contributed by atoms with Crippen molar-refractivity contribution < 1.29 is 22.3 Å². The number of rotatable bonds is 6. The molecule has 0 unspecified atom stereocenters. The molecule has 22 heavy (non-hydrogen) atoms. The average molecular weight is 325 g/mol. The Labute approximate surface area is 128 Å². The van der Waals surface area contributed by atoms with Crippen LogP contribution in [0.2, 0.25) is 0 Å². The highest BCUT2D eigenvalue weighted by atomic mass is 32.2. The minimum atomic E-state index is -3.87. The van der Waals surface area contributed by atoms with Gasteiger partial charge in [-0.3, -0.25) is 4.72 Å². The third-order valence-electron chi connectivity index (χ3n) is 2.85. The maximum Gasteiger partial charge on any atom is 0.262 e. The molecule has 0 amide bonds. The summed E-state index contributed by atoms with van der Waals surface area (Å²) in [5, 5.41) is 0. The fourth-order valence-electron chi connectivity index (χ4n) is 1.81. The molecule has 0 spiro atoms. The molecule has 0 aromatic heterocycles. The van der Waals surface area contributed by atoms with Crippen LogP contribution in [0.1, 0.15) is 6.92 Å². The van der Waals surface area contributed by atoms with Crippen molar-refractivity contribution in [3.63, 3.8) is 0 Å². The highest BCUT2D eigenvalue weighted by molar-refractivity contribution is 7.92. The van der Waals surface area contributed by atoms with Crippen molar-refractivity contribution in [2.75, 3.05) is 18.4 Å². The molecule has 7 heteroatoms. The highest BCUT2D eigenvalue weighted by Gasteiger charge is 2.16. The van der Waals surface area contributed by atoms with Crippen molar-refractivity contribution in [3.8, 4) is 11.5 Å². The lowest BCUT2D eigenvalue weighted by molar-refractivity contribution is 0.340. The van der Waals surface area contributed by atoms with Crippen LogP contribution in [-0.4, -0.2) is 22.1 Å². The molecule has 0 saturated heterocycles. The summed E-state index contributed by atoms with van der Waals surface area (Å²) < 4.78 is 50.5. The second kappa shape index (κ2) is 6.65. The fourth-order valence-corrected chi connectivity index (χ4v) is 2.88. The monoisotopic (exact) mass is 325 g/mol. The van der Waals surface area contributed by atoms with Crippen LogP contribution in [0.4, 0.5) is 10.1 Å². The lowest BCUT2D eigenvalue weighted by Crippen LogP contribution is -2.13. The largest absolute Gasteiger partial charge is 0.494 e. The lowest BCUT2D eigenvalue weighted by atomic mass is 10.3. The number of halogens is 1. The number of hydrogen-bond donors (Lipinski definition) is 1. The van der Waals surface area contributed by atoms with E-state index in [0.717, 1.165) is 6.07 Å². The molecular weight excluding hydrogens is 309 g/mol. The number of hydrogen-bond acceptors (Lipinski definition) is 4. The molecule has 2 aromatic carbocycles. The molecule has 2 aromatic rings. The first-order chi connectivity index (χ1) is 10.5. The van der Waals surface area contributed by atoms with Gasteiger partial charge in [0.2, 0.25) is 0 Å². The Balaban J connectivity index is 2.21. The van der Waals surface area contributed by atoms with E-state index in [-0.39, 0.29) is 10.6 Å². The van der Waals surface area contributed by atoms with E-state index in [9.17, 15) is 12.8 Å². The van der Waals surface area contributed by atoms with Crippen molar-refractivity contribution in [1.29, 1.82) is 0 Å². The lowest BCUT2D eigenvalue weighted by Gasteiger charge is -2.10. The van der Waals surface area contributed by atoms with Crippen molar-refractivity contribution >= 4 is 15.7 Å². The van der Waals surface area contributed by atoms with Crippen LogP contribution in [0.5, 0.6) is 11.5 Å². The van der Waals surface area contributed by atoms with Crippen LogP contribution >= 0.6 is 0 Å². The second-order valence-corrected chi connectivity index (χ2v) is 6.04. The number of methoxy groups -OCH3 is 1. The topological polar surface area (TPSA) is 64.6 Å². The predicted octanol–water partition coefficient (Wildman–Crippen LogP) is 3.03. The summed E-state index contributed by atoms with van der Waals surface area (Å²) in [5.74, 6) is -0.113. The van der Waals surface area contributed by atoms with Crippen LogP contribution in [0, 0.1) is 5.82 Å². The van der Waals surface area contributed by atoms with Gasteiger partial charge < -0.3 is 9.47 Å². The van der Waals surface area contributed by atoms with Crippen molar-refractivity contribution in [2.45, 2.75) is 11.8 Å². The van der Waals surface area contributed by atoms with E-state index in [1.54, 1.807) is 24.3 Å². The smallest absolute Gasteiger partial charge is 0.262 e. The van der Waals surface area contributed by atoms with E-state index in [1.807, 2.05) is 6.92 Å². The van der Waals surface area contributed by atoms with E-state index < -0.39 is 15.8 Å². The van der Waals surface area contributed by atoms with Crippen molar-refractivity contribution in [2.24, 2.45) is 0 Å². The third-order valence-corrected chi connectivity index (χ3v) is 4.23. The van der Waals surface area contributed by atoms with Crippen LogP contribution in [-0.2, 0) is 10.0 Å². The molecule has 0 aliphatic heterocycles. The molecule has 118 valence electrons. The van der Waals surface area contributed by atoms with Crippen molar-refractivity contribution in [3.05, 3.63) is 48.3 Å². The first-order valence-electron chi connectivity index (χ1n) is 6.55. The van der Waals surface area contributed by atoms with Crippen molar-refractivity contribution in [1.82, 2.24) is 0 Å². The second-order valence-electron chi connectivity index (χ2n) is 4.36. The van der Waals surface area contributed by atoms with Gasteiger partial charge in [0.15, 0.2) is 11.6 Å². The minimum absolute atomic E-state index is 0.0139. The van der Waals surface area contributed by atoms with Gasteiger partial charge >= 0.3 is 0 Å². The Kier molecular flexibility index (Phi) is 4.87. The molecule has 0 atom stereocenters.